The van der Waals surface area contributed by atoms with E-state index < -0.39 is 0 Å². The van der Waals surface area contributed by atoms with Crippen molar-refractivity contribution in [1.29, 1.82) is 5.26 Å². The SMILES string of the molecule is Cl.N#CCCC1(N)CCNCC1. The summed E-state index contributed by atoms with van der Waals surface area (Å²) in [6.07, 6.45) is 3.46. The molecule has 0 aromatic heterocycles. The summed E-state index contributed by atoms with van der Waals surface area (Å²) >= 11 is 0. The fourth-order valence-electron chi connectivity index (χ4n) is 1.48. The van der Waals surface area contributed by atoms with Crippen LogP contribution in [0.1, 0.15) is 25.7 Å². The molecule has 70 valence electrons. The molecule has 4 heteroatoms. The van der Waals surface area contributed by atoms with Crippen LogP contribution in [0.2, 0.25) is 0 Å². The Labute approximate surface area is 79.7 Å². The second kappa shape index (κ2) is 5.36. The van der Waals surface area contributed by atoms with Gasteiger partial charge in [-0.2, -0.15) is 5.26 Å². The lowest BCUT2D eigenvalue weighted by Crippen LogP contribution is -2.48. The molecule has 0 atom stereocenters. The Morgan fingerprint density at radius 2 is 2.00 bits per heavy atom. The standard InChI is InChI=1S/C8H15N3.ClH/c9-5-1-2-8(10)3-6-11-7-4-8;/h11H,1-4,6-7,10H2;1H. The molecular formula is C8H16ClN3. The van der Waals surface area contributed by atoms with E-state index in [1.807, 2.05) is 0 Å². The van der Waals surface area contributed by atoms with Crippen molar-refractivity contribution in [3.63, 3.8) is 0 Å². The maximum Gasteiger partial charge on any atom is 0.0622 e. The van der Waals surface area contributed by atoms with Crippen LogP contribution in [-0.2, 0) is 0 Å². The van der Waals surface area contributed by atoms with E-state index in [1.54, 1.807) is 0 Å². The number of rotatable bonds is 2. The van der Waals surface area contributed by atoms with Gasteiger partial charge in [-0.15, -0.1) is 12.4 Å². The quantitative estimate of drug-likeness (QED) is 0.676. The predicted molar refractivity (Wildman–Crippen MR) is 51.1 cm³/mol. The van der Waals surface area contributed by atoms with Gasteiger partial charge in [-0.3, -0.25) is 0 Å². The topological polar surface area (TPSA) is 61.8 Å². The molecule has 3 N–H and O–H groups in total. The third-order valence-electron chi connectivity index (χ3n) is 2.33. The molecule has 12 heavy (non-hydrogen) atoms. The number of nitriles is 1. The smallest absolute Gasteiger partial charge is 0.0622 e. The number of hydrogen-bond donors (Lipinski definition) is 2. The van der Waals surface area contributed by atoms with Crippen molar-refractivity contribution >= 4 is 12.4 Å². The third kappa shape index (κ3) is 3.40. The van der Waals surface area contributed by atoms with Crippen molar-refractivity contribution < 1.29 is 0 Å². The van der Waals surface area contributed by atoms with Gasteiger partial charge in [0.2, 0.25) is 0 Å². The monoisotopic (exact) mass is 189 g/mol. The highest BCUT2D eigenvalue weighted by Crippen LogP contribution is 2.20. The van der Waals surface area contributed by atoms with Gasteiger partial charge in [0.05, 0.1) is 6.07 Å². The summed E-state index contributed by atoms with van der Waals surface area (Å²) in [5.41, 5.74) is 6.00. The second-order valence-electron chi connectivity index (χ2n) is 3.27. The molecule has 1 rings (SSSR count). The van der Waals surface area contributed by atoms with E-state index in [1.165, 1.54) is 0 Å². The average Bonchev–Trinajstić information content (AvgIpc) is 2.03. The Hall–Kier alpha value is -0.300. The number of nitrogens with zero attached hydrogens (tertiary/aromatic N) is 1. The van der Waals surface area contributed by atoms with Crippen LogP contribution >= 0.6 is 12.4 Å². The lowest BCUT2D eigenvalue weighted by Gasteiger charge is -2.33. The lowest BCUT2D eigenvalue weighted by molar-refractivity contribution is 0.294. The van der Waals surface area contributed by atoms with Crippen molar-refractivity contribution in [3.05, 3.63) is 0 Å². The van der Waals surface area contributed by atoms with Crippen molar-refractivity contribution in [2.45, 2.75) is 31.2 Å². The summed E-state index contributed by atoms with van der Waals surface area (Å²) in [7, 11) is 0. The Kier molecular flexibility index (Phi) is 5.23. The minimum atomic E-state index is -0.0546. The van der Waals surface area contributed by atoms with E-state index in [0.29, 0.717) is 6.42 Å². The van der Waals surface area contributed by atoms with E-state index in [-0.39, 0.29) is 17.9 Å². The molecule has 1 aliphatic heterocycles. The largest absolute Gasteiger partial charge is 0.325 e. The first kappa shape index (κ1) is 11.7. The zero-order valence-corrected chi connectivity index (χ0v) is 7.99. The number of nitrogens with two attached hydrogens (primary N) is 1. The van der Waals surface area contributed by atoms with Crippen LogP contribution in [0.25, 0.3) is 0 Å². The number of piperidine rings is 1. The van der Waals surface area contributed by atoms with Crippen LogP contribution in [0.5, 0.6) is 0 Å². The van der Waals surface area contributed by atoms with Crippen LogP contribution in [0.3, 0.4) is 0 Å². The van der Waals surface area contributed by atoms with Gasteiger partial charge in [0.15, 0.2) is 0 Å². The summed E-state index contributed by atoms with van der Waals surface area (Å²) in [6, 6.07) is 2.14. The zero-order chi connectivity index (χ0) is 8.16. The highest BCUT2D eigenvalue weighted by molar-refractivity contribution is 5.85. The molecule has 0 radical (unpaired) electrons. The Bertz CT molecular complexity index is 158. The summed E-state index contributed by atoms with van der Waals surface area (Å²) < 4.78 is 0. The van der Waals surface area contributed by atoms with Crippen LogP contribution in [0.15, 0.2) is 0 Å². The van der Waals surface area contributed by atoms with Gasteiger partial charge < -0.3 is 11.1 Å². The number of halogens is 1. The summed E-state index contributed by atoms with van der Waals surface area (Å²) in [6.45, 7) is 2.00. The van der Waals surface area contributed by atoms with Gasteiger partial charge >= 0.3 is 0 Å². The first-order valence-corrected chi connectivity index (χ1v) is 4.13. The van der Waals surface area contributed by atoms with Gasteiger partial charge in [0.1, 0.15) is 0 Å². The van der Waals surface area contributed by atoms with E-state index in [4.69, 9.17) is 11.0 Å². The summed E-state index contributed by atoms with van der Waals surface area (Å²) in [4.78, 5) is 0. The molecule has 0 saturated carbocycles. The van der Waals surface area contributed by atoms with Crippen molar-refractivity contribution in [2.75, 3.05) is 13.1 Å². The Morgan fingerprint density at radius 3 is 2.50 bits per heavy atom. The molecule has 0 amide bonds. The third-order valence-corrected chi connectivity index (χ3v) is 2.33. The van der Waals surface area contributed by atoms with Gasteiger partial charge in [-0.1, -0.05) is 0 Å². The zero-order valence-electron chi connectivity index (χ0n) is 7.18. The molecular weight excluding hydrogens is 174 g/mol. The molecule has 0 unspecified atom stereocenters. The minimum Gasteiger partial charge on any atom is -0.325 e. The summed E-state index contributed by atoms with van der Waals surface area (Å²) in [5, 5.41) is 11.6. The van der Waals surface area contributed by atoms with Crippen molar-refractivity contribution in [2.24, 2.45) is 5.73 Å². The molecule has 0 aromatic rings. The fraction of sp³-hybridized carbons (Fsp3) is 0.875. The van der Waals surface area contributed by atoms with Gasteiger partial charge in [0.25, 0.3) is 0 Å². The Balaban J connectivity index is 0.00000121. The van der Waals surface area contributed by atoms with Crippen LogP contribution in [-0.4, -0.2) is 18.6 Å². The normalized spacial score (nSPS) is 20.7. The first-order chi connectivity index (χ1) is 5.27. The molecule has 1 heterocycles. The predicted octanol–water partition coefficient (Wildman–Crippen LogP) is 0.793. The highest BCUT2D eigenvalue weighted by Gasteiger charge is 2.26. The fourth-order valence-corrected chi connectivity index (χ4v) is 1.48. The van der Waals surface area contributed by atoms with Gasteiger partial charge in [0, 0.05) is 12.0 Å². The number of nitrogens with one attached hydrogen (secondary N) is 1. The molecule has 0 bridgehead atoms. The van der Waals surface area contributed by atoms with E-state index in [9.17, 15) is 0 Å². The van der Waals surface area contributed by atoms with Gasteiger partial charge in [-0.25, -0.2) is 0 Å². The van der Waals surface area contributed by atoms with Crippen LogP contribution < -0.4 is 11.1 Å². The molecule has 1 fully saturated rings. The average molecular weight is 190 g/mol. The molecule has 0 aromatic carbocycles. The molecule has 0 aliphatic carbocycles. The van der Waals surface area contributed by atoms with Crippen LogP contribution in [0.4, 0.5) is 0 Å². The van der Waals surface area contributed by atoms with Crippen LogP contribution in [0, 0.1) is 11.3 Å². The number of hydrogen-bond acceptors (Lipinski definition) is 3. The van der Waals surface area contributed by atoms with E-state index in [0.717, 1.165) is 32.4 Å². The van der Waals surface area contributed by atoms with Gasteiger partial charge in [-0.05, 0) is 32.4 Å². The molecule has 0 spiro atoms. The maximum absolute atomic E-state index is 8.39. The second-order valence-corrected chi connectivity index (χ2v) is 3.27. The first-order valence-electron chi connectivity index (χ1n) is 4.13. The molecule has 1 saturated heterocycles. The van der Waals surface area contributed by atoms with Crippen molar-refractivity contribution in [1.82, 2.24) is 5.32 Å². The molecule has 1 aliphatic rings. The Morgan fingerprint density at radius 1 is 1.42 bits per heavy atom. The summed E-state index contributed by atoms with van der Waals surface area (Å²) in [5.74, 6) is 0. The maximum atomic E-state index is 8.39. The molecule has 3 nitrogen and oxygen atoms in total. The lowest BCUT2D eigenvalue weighted by atomic mass is 9.85. The minimum absolute atomic E-state index is 0. The van der Waals surface area contributed by atoms with Crippen molar-refractivity contribution in [3.8, 4) is 6.07 Å². The van der Waals surface area contributed by atoms with E-state index >= 15 is 0 Å². The van der Waals surface area contributed by atoms with E-state index in [2.05, 4.69) is 11.4 Å². The highest BCUT2D eigenvalue weighted by atomic mass is 35.5.